The van der Waals surface area contributed by atoms with E-state index in [2.05, 4.69) is 24.3 Å². The van der Waals surface area contributed by atoms with Crippen LogP contribution in [-0.2, 0) is 15.5 Å². The van der Waals surface area contributed by atoms with Gasteiger partial charge in [0.05, 0.1) is 6.61 Å². The Morgan fingerprint density at radius 1 is 0.640 bits per heavy atom. The molecule has 0 N–H and O–H groups in total. The molecule has 0 fully saturated rings. The van der Waals surface area contributed by atoms with E-state index in [0.717, 1.165) is 29.9 Å². The van der Waals surface area contributed by atoms with E-state index >= 15 is 0 Å². The molecule has 128 valence electrons. The van der Waals surface area contributed by atoms with Gasteiger partial charge in [0.1, 0.15) is 0 Å². The second-order valence-electron chi connectivity index (χ2n) is 6.00. The maximum atomic E-state index is 13.6. The van der Waals surface area contributed by atoms with Crippen LogP contribution in [0.3, 0.4) is 0 Å². The molecular formula is C22H23O2P. The first-order chi connectivity index (χ1) is 12.3. The molecule has 0 bridgehead atoms. The van der Waals surface area contributed by atoms with Gasteiger partial charge in [-0.1, -0.05) is 66.7 Å². The summed E-state index contributed by atoms with van der Waals surface area (Å²) in [6, 6.07) is 29.5. The van der Waals surface area contributed by atoms with Crippen molar-refractivity contribution in [3.63, 3.8) is 0 Å². The molecule has 3 aromatic rings. The summed E-state index contributed by atoms with van der Waals surface area (Å²) in [5.41, 5.74) is 1.33. The lowest BCUT2D eigenvalue weighted by molar-refractivity contribution is 0.316. The molecule has 0 aromatic heterocycles. The van der Waals surface area contributed by atoms with E-state index in [-0.39, 0.29) is 0 Å². The summed E-state index contributed by atoms with van der Waals surface area (Å²) in [4.78, 5) is 0. The summed E-state index contributed by atoms with van der Waals surface area (Å²) in [6.07, 6.45) is 2.93. The third kappa shape index (κ3) is 4.69. The molecule has 0 atom stereocenters. The Morgan fingerprint density at radius 2 is 1.12 bits per heavy atom. The van der Waals surface area contributed by atoms with Gasteiger partial charge in [-0.3, -0.25) is 4.57 Å². The zero-order valence-corrected chi connectivity index (χ0v) is 15.1. The zero-order valence-electron chi connectivity index (χ0n) is 14.3. The van der Waals surface area contributed by atoms with E-state index in [1.54, 1.807) is 0 Å². The fourth-order valence-electron chi connectivity index (χ4n) is 2.82. The summed E-state index contributed by atoms with van der Waals surface area (Å²) in [7, 11) is -3.04. The van der Waals surface area contributed by atoms with Crippen molar-refractivity contribution < 1.29 is 9.09 Å². The van der Waals surface area contributed by atoms with Crippen molar-refractivity contribution >= 4 is 18.0 Å². The highest BCUT2D eigenvalue weighted by Gasteiger charge is 2.27. The fraction of sp³-hybridized carbons (Fsp3) is 0.182. The summed E-state index contributed by atoms with van der Waals surface area (Å²) < 4.78 is 19.6. The van der Waals surface area contributed by atoms with Crippen LogP contribution in [0.1, 0.15) is 18.4 Å². The lowest BCUT2D eigenvalue weighted by atomic mass is 10.1. The molecule has 0 heterocycles. The minimum Gasteiger partial charge on any atom is -0.322 e. The van der Waals surface area contributed by atoms with Crippen LogP contribution >= 0.6 is 7.37 Å². The number of benzene rings is 3. The molecule has 0 saturated heterocycles. The second-order valence-corrected chi connectivity index (χ2v) is 8.39. The molecule has 0 amide bonds. The molecule has 0 saturated carbocycles. The minimum atomic E-state index is -3.04. The van der Waals surface area contributed by atoms with Crippen LogP contribution < -0.4 is 10.6 Å². The standard InChI is InChI=1S/C22H23O2P/c23-25(21-15-6-2-7-16-21,22-17-8-3-9-18-22)24-19-11-10-14-20-12-4-1-5-13-20/h1-9,12-13,15-18H,10-11,14,19H2. The van der Waals surface area contributed by atoms with Gasteiger partial charge in [-0.05, 0) is 49.1 Å². The molecule has 2 nitrogen and oxygen atoms in total. The molecule has 0 aliphatic heterocycles. The van der Waals surface area contributed by atoms with E-state index < -0.39 is 7.37 Å². The predicted octanol–water partition coefficient (Wildman–Crippen LogP) is 4.96. The average Bonchev–Trinajstić information content (AvgIpc) is 2.70. The third-order valence-corrected chi connectivity index (χ3v) is 6.67. The molecule has 0 radical (unpaired) electrons. The molecular weight excluding hydrogens is 327 g/mol. The van der Waals surface area contributed by atoms with Crippen molar-refractivity contribution in [3.05, 3.63) is 96.6 Å². The predicted molar refractivity (Wildman–Crippen MR) is 105 cm³/mol. The van der Waals surface area contributed by atoms with E-state index in [1.807, 2.05) is 66.7 Å². The highest BCUT2D eigenvalue weighted by molar-refractivity contribution is 7.74. The average molecular weight is 350 g/mol. The SMILES string of the molecule is O=P(OCCCCc1ccccc1)(c1ccccc1)c1ccccc1. The van der Waals surface area contributed by atoms with Crippen LogP contribution in [0.15, 0.2) is 91.0 Å². The Balaban J connectivity index is 1.64. The fourth-order valence-corrected chi connectivity index (χ4v) is 4.93. The third-order valence-electron chi connectivity index (χ3n) is 4.17. The summed E-state index contributed by atoms with van der Waals surface area (Å²) in [5.74, 6) is 0. The van der Waals surface area contributed by atoms with Crippen molar-refractivity contribution in [1.82, 2.24) is 0 Å². The van der Waals surface area contributed by atoms with Gasteiger partial charge in [-0.2, -0.15) is 0 Å². The van der Waals surface area contributed by atoms with Gasteiger partial charge in [0.15, 0.2) is 0 Å². The van der Waals surface area contributed by atoms with Crippen LogP contribution in [-0.4, -0.2) is 6.61 Å². The summed E-state index contributed by atoms with van der Waals surface area (Å²) in [5, 5.41) is 1.51. The van der Waals surface area contributed by atoms with Gasteiger partial charge in [0.25, 0.3) is 7.37 Å². The quantitative estimate of drug-likeness (QED) is 0.424. The van der Waals surface area contributed by atoms with Crippen molar-refractivity contribution in [2.45, 2.75) is 19.3 Å². The largest absolute Gasteiger partial charge is 0.322 e. The van der Waals surface area contributed by atoms with Crippen molar-refractivity contribution in [2.24, 2.45) is 0 Å². The molecule has 3 heteroatoms. The lowest BCUT2D eigenvalue weighted by Gasteiger charge is -2.19. The van der Waals surface area contributed by atoms with Gasteiger partial charge in [-0.15, -0.1) is 0 Å². The number of rotatable bonds is 8. The van der Waals surface area contributed by atoms with Crippen LogP contribution in [0.2, 0.25) is 0 Å². The number of hydrogen-bond acceptors (Lipinski definition) is 2. The second kappa shape index (κ2) is 8.80. The number of hydrogen-bond donors (Lipinski definition) is 0. The monoisotopic (exact) mass is 350 g/mol. The smallest absolute Gasteiger partial charge is 0.261 e. The normalized spacial score (nSPS) is 11.4. The van der Waals surface area contributed by atoms with E-state index in [9.17, 15) is 4.57 Å². The topological polar surface area (TPSA) is 26.3 Å². The summed E-state index contributed by atoms with van der Waals surface area (Å²) in [6.45, 7) is 0.494. The van der Waals surface area contributed by atoms with Gasteiger partial charge in [-0.25, -0.2) is 0 Å². The molecule has 25 heavy (non-hydrogen) atoms. The highest BCUT2D eigenvalue weighted by Crippen LogP contribution is 2.44. The first kappa shape index (κ1) is 17.7. The Labute approximate surface area is 149 Å². The molecule has 0 aliphatic carbocycles. The Bertz CT molecular complexity index is 758. The van der Waals surface area contributed by atoms with Gasteiger partial charge in [0.2, 0.25) is 0 Å². The van der Waals surface area contributed by atoms with Crippen molar-refractivity contribution in [2.75, 3.05) is 6.61 Å². The zero-order chi connectivity index (χ0) is 17.4. The van der Waals surface area contributed by atoms with Gasteiger partial charge >= 0.3 is 0 Å². The molecule has 3 aromatic carbocycles. The highest BCUT2D eigenvalue weighted by atomic mass is 31.2. The van der Waals surface area contributed by atoms with E-state index in [4.69, 9.17) is 4.52 Å². The Hall–Kier alpha value is -2.15. The molecule has 0 unspecified atom stereocenters. The van der Waals surface area contributed by atoms with Crippen LogP contribution in [0.4, 0.5) is 0 Å². The number of aryl methyl sites for hydroxylation is 1. The van der Waals surface area contributed by atoms with E-state index in [1.165, 1.54) is 5.56 Å². The molecule has 3 rings (SSSR count). The lowest BCUT2D eigenvalue weighted by Crippen LogP contribution is -2.18. The summed E-state index contributed by atoms with van der Waals surface area (Å²) >= 11 is 0. The van der Waals surface area contributed by atoms with Crippen molar-refractivity contribution in [1.29, 1.82) is 0 Å². The van der Waals surface area contributed by atoms with Crippen LogP contribution in [0.25, 0.3) is 0 Å². The Morgan fingerprint density at radius 3 is 1.64 bits per heavy atom. The van der Waals surface area contributed by atoms with Crippen molar-refractivity contribution in [3.8, 4) is 0 Å². The maximum absolute atomic E-state index is 13.6. The van der Waals surface area contributed by atoms with E-state index in [0.29, 0.717) is 6.61 Å². The van der Waals surface area contributed by atoms with Gasteiger partial charge in [0, 0.05) is 10.6 Å². The molecule has 0 spiro atoms. The Kier molecular flexibility index (Phi) is 6.22. The minimum absolute atomic E-state index is 0.494. The first-order valence-electron chi connectivity index (χ1n) is 8.69. The maximum Gasteiger partial charge on any atom is 0.261 e. The molecule has 0 aliphatic rings. The number of unbranched alkanes of at least 4 members (excludes halogenated alkanes) is 1. The first-order valence-corrected chi connectivity index (χ1v) is 10.3. The van der Waals surface area contributed by atoms with Crippen LogP contribution in [0.5, 0.6) is 0 Å². The van der Waals surface area contributed by atoms with Gasteiger partial charge < -0.3 is 4.52 Å². The van der Waals surface area contributed by atoms with Crippen LogP contribution in [0, 0.1) is 0 Å².